The maximum atomic E-state index is 8.97. The molecule has 0 aromatic heterocycles. The van der Waals surface area contributed by atoms with Gasteiger partial charge in [-0.15, -0.1) is 0 Å². The third-order valence-corrected chi connectivity index (χ3v) is 2.84. The van der Waals surface area contributed by atoms with Gasteiger partial charge in [-0.3, -0.25) is 0 Å². The minimum absolute atomic E-state index is 0.211. The van der Waals surface area contributed by atoms with Gasteiger partial charge >= 0.3 is 0 Å². The number of hydrogen-bond acceptors (Lipinski definition) is 3. The molecule has 1 rings (SSSR count). The zero-order valence-corrected chi connectivity index (χ0v) is 10.9. The lowest BCUT2D eigenvalue weighted by molar-refractivity contribution is 0.0235. The summed E-state index contributed by atoms with van der Waals surface area (Å²) in [5.41, 5.74) is 1.54. The second kappa shape index (κ2) is 6.27. The van der Waals surface area contributed by atoms with E-state index in [1.165, 1.54) is 0 Å². The van der Waals surface area contributed by atoms with Gasteiger partial charge in [0.05, 0.1) is 25.4 Å². The average Bonchev–Trinajstić information content (AvgIpc) is 2.35. The molecule has 0 saturated carbocycles. The highest BCUT2D eigenvalue weighted by atomic mass is 16.5. The summed E-state index contributed by atoms with van der Waals surface area (Å²) < 4.78 is 10.8. The first-order chi connectivity index (χ1) is 8.08. The molecule has 1 atom stereocenters. The summed E-state index contributed by atoms with van der Waals surface area (Å²) in [6, 6.07) is 7.65. The van der Waals surface area contributed by atoms with Gasteiger partial charge in [0.15, 0.2) is 0 Å². The first-order valence-electron chi connectivity index (χ1n) is 5.77. The Balaban J connectivity index is 2.70. The number of nitriles is 1. The lowest BCUT2D eigenvalue weighted by atomic mass is 10.1. The largest absolute Gasteiger partial charge is 0.495 e. The van der Waals surface area contributed by atoms with Crippen LogP contribution in [0.2, 0.25) is 0 Å². The molecule has 3 nitrogen and oxygen atoms in total. The molecule has 0 aliphatic rings. The van der Waals surface area contributed by atoms with Crippen molar-refractivity contribution in [1.29, 1.82) is 5.26 Å². The van der Waals surface area contributed by atoms with Gasteiger partial charge in [-0.2, -0.15) is 5.26 Å². The molecule has 0 fully saturated rings. The van der Waals surface area contributed by atoms with Crippen LogP contribution in [0.1, 0.15) is 31.9 Å². The number of ether oxygens (including phenoxy) is 2. The van der Waals surface area contributed by atoms with Crippen LogP contribution in [0.25, 0.3) is 0 Å². The second-order valence-electron chi connectivity index (χ2n) is 4.41. The summed E-state index contributed by atoms with van der Waals surface area (Å²) in [4.78, 5) is 0. The molecule has 0 radical (unpaired) electrons. The molecule has 1 unspecified atom stereocenters. The van der Waals surface area contributed by atoms with Crippen molar-refractivity contribution in [2.24, 2.45) is 5.92 Å². The number of nitrogens with zero attached hydrogens (tertiary/aromatic N) is 1. The van der Waals surface area contributed by atoms with Gasteiger partial charge in [0, 0.05) is 0 Å². The summed E-state index contributed by atoms with van der Waals surface area (Å²) in [5.74, 6) is 1.09. The number of benzene rings is 1. The van der Waals surface area contributed by atoms with Crippen LogP contribution < -0.4 is 4.74 Å². The fraction of sp³-hybridized carbons (Fsp3) is 0.500. The van der Waals surface area contributed by atoms with Crippen molar-refractivity contribution in [2.75, 3.05) is 7.11 Å². The molecule has 0 aliphatic carbocycles. The third-order valence-electron chi connectivity index (χ3n) is 2.84. The highest BCUT2D eigenvalue weighted by Gasteiger charge is 2.08. The van der Waals surface area contributed by atoms with E-state index in [1.807, 2.05) is 12.1 Å². The summed E-state index contributed by atoms with van der Waals surface area (Å²) in [6.07, 6.45) is 0.211. The highest BCUT2D eigenvalue weighted by Crippen LogP contribution is 2.20. The number of hydrogen-bond donors (Lipinski definition) is 0. The van der Waals surface area contributed by atoms with E-state index in [0.717, 1.165) is 5.56 Å². The Morgan fingerprint density at radius 1 is 1.29 bits per heavy atom. The average molecular weight is 233 g/mol. The molecular formula is C14H19NO2. The molecule has 0 amide bonds. The Hall–Kier alpha value is -1.53. The molecular weight excluding hydrogens is 214 g/mol. The van der Waals surface area contributed by atoms with Gasteiger partial charge in [-0.1, -0.05) is 19.9 Å². The first kappa shape index (κ1) is 13.5. The predicted octanol–water partition coefficient (Wildman–Crippen LogP) is 3.13. The van der Waals surface area contributed by atoms with E-state index in [4.69, 9.17) is 14.7 Å². The summed E-state index contributed by atoms with van der Waals surface area (Å²) in [7, 11) is 1.56. The van der Waals surface area contributed by atoms with E-state index < -0.39 is 0 Å². The van der Waals surface area contributed by atoms with Crippen molar-refractivity contribution in [1.82, 2.24) is 0 Å². The topological polar surface area (TPSA) is 42.2 Å². The van der Waals surface area contributed by atoms with Crippen LogP contribution in [0.3, 0.4) is 0 Å². The molecule has 17 heavy (non-hydrogen) atoms. The van der Waals surface area contributed by atoms with Crippen LogP contribution in [-0.2, 0) is 11.3 Å². The first-order valence-corrected chi connectivity index (χ1v) is 5.77. The molecule has 0 aliphatic heterocycles. The van der Waals surface area contributed by atoms with E-state index in [2.05, 4.69) is 26.8 Å². The fourth-order valence-electron chi connectivity index (χ4n) is 1.35. The van der Waals surface area contributed by atoms with Crippen molar-refractivity contribution in [3.8, 4) is 11.8 Å². The molecule has 0 bridgehead atoms. The molecule has 3 heteroatoms. The van der Waals surface area contributed by atoms with Crippen LogP contribution in [0, 0.1) is 17.2 Å². The van der Waals surface area contributed by atoms with Gasteiger partial charge in [0.1, 0.15) is 11.8 Å². The van der Waals surface area contributed by atoms with Crippen molar-refractivity contribution >= 4 is 0 Å². The van der Waals surface area contributed by atoms with Crippen molar-refractivity contribution in [3.63, 3.8) is 0 Å². The van der Waals surface area contributed by atoms with Gasteiger partial charge in [0.25, 0.3) is 0 Å². The second-order valence-corrected chi connectivity index (χ2v) is 4.41. The minimum Gasteiger partial charge on any atom is -0.495 e. The van der Waals surface area contributed by atoms with Crippen LogP contribution in [0.4, 0.5) is 0 Å². The molecule has 0 N–H and O–H groups in total. The Bertz CT molecular complexity index is 407. The van der Waals surface area contributed by atoms with Gasteiger partial charge < -0.3 is 9.47 Å². The lowest BCUT2D eigenvalue weighted by Gasteiger charge is -2.16. The molecule has 1 aromatic carbocycles. The van der Waals surface area contributed by atoms with Crippen LogP contribution in [0.5, 0.6) is 5.75 Å². The molecule has 92 valence electrons. The SMILES string of the molecule is COc1ccc(COC(C)C(C)C)cc1C#N. The quantitative estimate of drug-likeness (QED) is 0.784. The maximum absolute atomic E-state index is 8.97. The van der Waals surface area contributed by atoms with Crippen molar-refractivity contribution < 1.29 is 9.47 Å². The molecule has 0 spiro atoms. The summed E-state index contributed by atoms with van der Waals surface area (Å²) in [6.45, 7) is 6.83. The Labute approximate surface area is 103 Å². The molecule has 0 heterocycles. The number of methoxy groups -OCH3 is 1. The standard InChI is InChI=1S/C14H19NO2/c1-10(2)11(3)17-9-12-5-6-14(16-4)13(7-12)8-15/h5-7,10-11H,9H2,1-4H3. The van der Waals surface area contributed by atoms with Crippen LogP contribution in [-0.4, -0.2) is 13.2 Å². The van der Waals surface area contributed by atoms with E-state index in [1.54, 1.807) is 13.2 Å². The van der Waals surface area contributed by atoms with E-state index in [9.17, 15) is 0 Å². The van der Waals surface area contributed by atoms with Gasteiger partial charge in [-0.25, -0.2) is 0 Å². The summed E-state index contributed by atoms with van der Waals surface area (Å²) >= 11 is 0. The van der Waals surface area contributed by atoms with E-state index in [0.29, 0.717) is 23.8 Å². The summed E-state index contributed by atoms with van der Waals surface area (Å²) in [5, 5.41) is 8.97. The Morgan fingerprint density at radius 2 is 2.00 bits per heavy atom. The van der Waals surface area contributed by atoms with E-state index in [-0.39, 0.29) is 6.10 Å². The fourth-order valence-corrected chi connectivity index (χ4v) is 1.35. The number of rotatable bonds is 5. The van der Waals surface area contributed by atoms with Crippen molar-refractivity contribution in [3.05, 3.63) is 29.3 Å². The van der Waals surface area contributed by atoms with Gasteiger partial charge in [-0.05, 0) is 30.5 Å². The lowest BCUT2D eigenvalue weighted by Crippen LogP contribution is -2.15. The normalized spacial score (nSPS) is 12.2. The third kappa shape index (κ3) is 3.76. The Morgan fingerprint density at radius 3 is 2.53 bits per heavy atom. The van der Waals surface area contributed by atoms with Gasteiger partial charge in [0.2, 0.25) is 0 Å². The molecule has 0 saturated heterocycles. The Kier molecular flexibility index (Phi) is 4.99. The van der Waals surface area contributed by atoms with Crippen molar-refractivity contribution in [2.45, 2.75) is 33.5 Å². The predicted molar refractivity (Wildman–Crippen MR) is 66.8 cm³/mol. The van der Waals surface area contributed by atoms with Crippen LogP contribution in [0.15, 0.2) is 18.2 Å². The molecule has 1 aromatic rings. The van der Waals surface area contributed by atoms with Crippen LogP contribution >= 0.6 is 0 Å². The smallest absolute Gasteiger partial charge is 0.136 e. The minimum atomic E-state index is 0.211. The zero-order chi connectivity index (χ0) is 12.8. The zero-order valence-electron chi connectivity index (χ0n) is 10.9. The highest BCUT2D eigenvalue weighted by molar-refractivity contribution is 5.45. The van der Waals surface area contributed by atoms with E-state index >= 15 is 0 Å². The monoisotopic (exact) mass is 233 g/mol. The maximum Gasteiger partial charge on any atom is 0.136 e.